The third-order valence-electron chi connectivity index (χ3n) is 3.70. The van der Waals surface area contributed by atoms with Gasteiger partial charge < -0.3 is 9.72 Å². The molecule has 122 valence electrons. The van der Waals surface area contributed by atoms with Gasteiger partial charge in [-0.15, -0.1) is 0 Å². The van der Waals surface area contributed by atoms with Gasteiger partial charge in [-0.1, -0.05) is 6.42 Å². The first-order chi connectivity index (χ1) is 10.4. The van der Waals surface area contributed by atoms with E-state index in [0.717, 1.165) is 49.6 Å². The van der Waals surface area contributed by atoms with Crippen LogP contribution in [0.25, 0.3) is 0 Å². The maximum Gasteiger partial charge on any atom is 0.343 e. The van der Waals surface area contributed by atoms with Gasteiger partial charge in [0, 0.05) is 11.9 Å². The number of esters is 1. The molecule has 0 aromatic carbocycles. The van der Waals surface area contributed by atoms with Crippen LogP contribution in [-0.4, -0.2) is 38.0 Å². The third-order valence-corrected chi connectivity index (χ3v) is 4.73. The Morgan fingerprint density at radius 2 is 2.00 bits per heavy atom. The quantitative estimate of drug-likeness (QED) is 0.499. The monoisotopic (exact) mass is 327 g/mol. The minimum Gasteiger partial charge on any atom is -0.462 e. The normalized spacial score (nSPS) is 15.0. The van der Waals surface area contributed by atoms with E-state index in [2.05, 4.69) is 4.98 Å². The van der Waals surface area contributed by atoms with Crippen molar-refractivity contribution >= 4 is 15.8 Å². The molecule has 0 bridgehead atoms. The number of rotatable bonds is 5. The molecule has 1 N–H and O–H groups in total. The molecular weight excluding hydrogens is 306 g/mol. The molecule has 0 saturated heterocycles. The number of ether oxygens (including phenoxy) is 1. The van der Waals surface area contributed by atoms with Crippen LogP contribution in [-0.2, 0) is 27.4 Å². The highest BCUT2D eigenvalue weighted by Crippen LogP contribution is 2.18. The van der Waals surface area contributed by atoms with Crippen molar-refractivity contribution in [3.8, 4) is 0 Å². The number of H-pyrrole nitrogens is 1. The molecule has 0 amide bonds. The van der Waals surface area contributed by atoms with E-state index in [4.69, 9.17) is 4.74 Å². The summed E-state index contributed by atoms with van der Waals surface area (Å²) in [5.41, 5.74) is 1.48. The zero-order valence-corrected chi connectivity index (χ0v) is 13.5. The Labute approximate surface area is 129 Å². The summed E-state index contributed by atoms with van der Waals surface area (Å²) in [5.74, 6) is -0.734. The van der Waals surface area contributed by atoms with E-state index >= 15 is 0 Å². The molecule has 1 aromatic heterocycles. The molecule has 0 radical (unpaired) electrons. The molecule has 0 atom stereocenters. The van der Waals surface area contributed by atoms with Gasteiger partial charge in [0.2, 0.25) is 0 Å². The molecule has 7 heteroatoms. The molecule has 0 fully saturated rings. The second kappa shape index (κ2) is 7.09. The highest BCUT2D eigenvalue weighted by molar-refractivity contribution is 7.90. The van der Waals surface area contributed by atoms with Gasteiger partial charge in [0.05, 0.1) is 12.4 Å². The Hall–Kier alpha value is -1.63. The molecule has 6 nitrogen and oxygen atoms in total. The van der Waals surface area contributed by atoms with E-state index in [-0.39, 0.29) is 24.3 Å². The Morgan fingerprint density at radius 1 is 1.27 bits per heavy atom. The summed E-state index contributed by atoms with van der Waals surface area (Å²) in [6, 6.07) is 1.62. The maximum atomic E-state index is 12.0. The summed E-state index contributed by atoms with van der Waals surface area (Å²) in [5, 5.41) is 0. The third kappa shape index (κ3) is 4.69. The van der Waals surface area contributed by atoms with E-state index in [1.54, 1.807) is 6.07 Å². The number of fused-ring (bicyclic) bond motifs is 1. The average Bonchev–Trinajstić information content (AvgIpc) is 2.66. The zero-order valence-electron chi connectivity index (χ0n) is 12.7. The van der Waals surface area contributed by atoms with Crippen LogP contribution in [0.2, 0.25) is 0 Å². The first kappa shape index (κ1) is 16.7. The molecule has 0 aliphatic heterocycles. The minimum absolute atomic E-state index is 0.00000520. The van der Waals surface area contributed by atoms with Crippen molar-refractivity contribution in [2.45, 2.75) is 38.5 Å². The van der Waals surface area contributed by atoms with Gasteiger partial charge in [0.25, 0.3) is 5.56 Å². The van der Waals surface area contributed by atoms with Gasteiger partial charge in [-0.2, -0.15) is 0 Å². The predicted molar refractivity (Wildman–Crippen MR) is 82.9 cm³/mol. The summed E-state index contributed by atoms with van der Waals surface area (Å²) < 4.78 is 27.0. The smallest absolute Gasteiger partial charge is 0.343 e. The van der Waals surface area contributed by atoms with Gasteiger partial charge in [-0.3, -0.25) is 4.79 Å². The minimum atomic E-state index is -3.07. The molecule has 0 spiro atoms. The summed E-state index contributed by atoms with van der Waals surface area (Å²) in [4.78, 5) is 26.7. The van der Waals surface area contributed by atoms with E-state index in [9.17, 15) is 18.0 Å². The Morgan fingerprint density at radius 3 is 2.73 bits per heavy atom. The van der Waals surface area contributed by atoms with Crippen molar-refractivity contribution < 1.29 is 17.9 Å². The topological polar surface area (TPSA) is 93.3 Å². The SMILES string of the molecule is CS(=O)(=O)CCCOC(=O)c1cc2c([nH]c1=O)CCCCC2. The van der Waals surface area contributed by atoms with Crippen LogP contribution in [0.15, 0.2) is 10.9 Å². The van der Waals surface area contributed by atoms with Crippen molar-refractivity contribution in [2.75, 3.05) is 18.6 Å². The van der Waals surface area contributed by atoms with Crippen LogP contribution in [0, 0.1) is 0 Å². The van der Waals surface area contributed by atoms with E-state index < -0.39 is 21.4 Å². The molecule has 2 rings (SSSR count). The summed E-state index contributed by atoms with van der Waals surface area (Å²) in [6.07, 6.45) is 6.23. The molecule has 1 heterocycles. The number of aryl methyl sites for hydroxylation is 2. The number of hydrogen-bond acceptors (Lipinski definition) is 5. The number of nitrogens with one attached hydrogen (secondary N) is 1. The highest BCUT2D eigenvalue weighted by atomic mass is 32.2. The lowest BCUT2D eigenvalue weighted by Crippen LogP contribution is -2.22. The molecule has 1 aromatic rings. The lowest BCUT2D eigenvalue weighted by Gasteiger charge is -2.08. The maximum absolute atomic E-state index is 12.0. The number of aromatic nitrogens is 1. The van der Waals surface area contributed by atoms with Gasteiger partial charge >= 0.3 is 5.97 Å². The van der Waals surface area contributed by atoms with Crippen LogP contribution in [0.3, 0.4) is 0 Å². The van der Waals surface area contributed by atoms with Crippen molar-refractivity contribution in [3.05, 3.63) is 33.2 Å². The van der Waals surface area contributed by atoms with Crippen molar-refractivity contribution in [3.63, 3.8) is 0 Å². The lowest BCUT2D eigenvalue weighted by atomic mass is 10.1. The molecule has 22 heavy (non-hydrogen) atoms. The van der Waals surface area contributed by atoms with Crippen molar-refractivity contribution in [1.29, 1.82) is 0 Å². The number of aromatic amines is 1. The second-order valence-corrected chi connectivity index (χ2v) is 7.96. The lowest BCUT2D eigenvalue weighted by molar-refractivity contribution is 0.0503. The molecular formula is C15H21NO5S. The standard InChI is InChI=1S/C15H21NO5S/c1-22(19,20)9-5-8-21-15(18)12-10-11-6-3-2-4-7-13(11)16-14(12)17/h10H,2-9H2,1H3,(H,16,17). The number of pyridine rings is 1. The number of carbonyl (C=O) groups excluding carboxylic acids is 1. The number of hydrogen-bond donors (Lipinski definition) is 1. The van der Waals surface area contributed by atoms with Crippen molar-refractivity contribution in [2.24, 2.45) is 0 Å². The van der Waals surface area contributed by atoms with Gasteiger partial charge in [-0.25, -0.2) is 13.2 Å². The van der Waals surface area contributed by atoms with Crippen molar-refractivity contribution in [1.82, 2.24) is 4.98 Å². The second-order valence-electron chi connectivity index (χ2n) is 5.70. The van der Waals surface area contributed by atoms with Gasteiger partial charge in [0.1, 0.15) is 15.4 Å². The van der Waals surface area contributed by atoms with Crippen LogP contribution in [0.4, 0.5) is 0 Å². The van der Waals surface area contributed by atoms with E-state index in [1.807, 2.05) is 0 Å². The molecule has 0 unspecified atom stereocenters. The van der Waals surface area contributed by atoms with Gasteiger partial charge in [0.15, 0.2) is 0 Å². The van der Waals surface area contributed by atoms with Crippen LogP contribution in [0.5, 0.6) is 0 Å². The zero-order chi connectivity index (χ0) is 16.2. The van der Waals surface area contributed by atoms with E-state index in [0.29, 0.717) is 0 Å². The Balaban J connectivity index is 2.03. The predicted octanol–water partition coefficient (Wildman–Crippen LogP) is 1.24. The first-order valence-corrected chi connectivity index (χ1v) is 9.53. The fraction of sp³-hybridized carbons (Fsp3) is 0.600. The van der Waals surface area contributed by atoms with Crippen LogP contribution < -0.4 is 5.56 Å². The summed E-state index contributed by atoms with van der Waals surface area (Å²) in [6.45, 7) is -0.0115. The molecule has 0 saturated carbocycles. The Bertz CT molecular complexity index is 705. The average molecular weight is 327 g/mol. The number of sulfone groups is 1. The van der Waals surface area contributed by atoms with Gasteiger partial charge in [-0.05, 0) is 43.7 Å². The first-order valence-electron chi connectivity index (χ1n) is 7.47. The molecule has 1 aliphatic carbocycles. The van der Waals surface area contributed by atoms with Crippen LogP contribution in [0.1, 0.15) is 47.3 Å². The molecule has 1 aliphatic rings. The Kier molecular flexibility index (Phi) is 5.39. The van der Waals surface area contributed by atoms with E-state index in [1.165, 1.54) is 0 Å². The summed E-state index contributed by atoms with van der Waals surface area (Å²) in [7, 11) is -3.07. The number of carbonyl (C=O) groups is 1. The largest absolute Gasteiger partial charge is 0.462 e. The fourth-order valence-electron chi connectivity index (χ4n) is 2.57. The fourth-order valence-corrected chi connectivity index (χ4v) is 3.21. The highest BCUT2D eigenvalue weighted by Gasteiger charge is 2.17. The van der Waals surface area contributed by atoms with Crippen LogP contribution >= 0.6 is 0 Å². The summed E-state index contributed by atoms with van der Waals surface area (Å²) >= 11 is 0.